The topological polar surface area (TPSA) is 58.6 Å². The summed E-state index contributed by atoms with van der Waals surface area (Å²) in [5.41, 5.74) is -0.726. The van der Waals surface area contributed by atoms with Crippen LogP contribution in [0.1, 0.15) is 46.5 Å². The predicted molar refractivity (Wildman–Crippen MR) is 82.0 cm³/mol. The molecule has 0 bridgehead atoms. The third-order valence-corrected chi connectivity index (χ3v) is 3.56. The second-order valence-corrected chi connectivity index (χ2v) is 6.70. The highest BCUT2D eigenvalue weighted by Crippen LogP contribution is 2.29. The lowest BCUT2D eigenvalue weighted by Crippen LogP contribution is -2.61. The number of terminal acetylenes is 1. The average molecular weight is 348 g/mol. The van der Waals surface area contributed by atoms with Crippen LogP contribution < -0.4 is 5.32 Å². The summed E-state index contributed by atoms with van der Waals surface area (Å²) in [4.78, 5) is 24.8. The Kier molecular flexibility index (Phi) is 6.52. The van der Waals surface area contributed by atoms with Gasteiger partial charge in [0.1, 0.15) is 5.60 Å². The molecule has 0 saturated heterocycles. The summed E-state index contributed by atoms with van der Waals surface area (Å²) in [7, 11) is 0. The molecule has 0 aromatic carbocycles. The van der Waals surface area contributed by atoms with Crippen molar-refractivity contribution in [2.75, 3.05) is 6.54 Å². The Morgan fingerprint density at radius 3 is 2.33 bits per heavy atom. The molecule has 1 unspecified atom stereocenters. The maximum Gasteiger partial charge on any atom is 0.471 e. The number of nitrogens with zero attached hydrogens (tertiary/aromatic N) is 1. The number of hydrogen-bond acceptors (Lipinski definition) is 3. The van der Waals surface area contributed by atoms with E-state index in [1.165, 1.54) is 4.90 Å². The lowest BCUT2D eigenvalue weighted by atomic mass is 9.85. The summed E-state index contributed by atoms with van der Waals surface area (Å²) in [5.74, 6) is 0.456. The fraction of sp³-hybridized carbons (Fsp3) is 0.750. The van der Waals surface area contributed by atoms with Crippen molar-refractivity contribution < 1.29 is 27.5 Å². The monoisotopic (exact) mass is 348 g/mol. The van der Waals surface area contributed by atoms with Crippen LogP contribution in [0.4, 0.5) is 18.0 Å². The number of carbonyl (C=O) groups excluding carboxylic acids is 2. The first-order chi connectivity index (χ1) is 11.0. The van der Waals surface area contributed by atoms with E-state index in [9.17, 15) is 22.8 Å². The summed E-state index contributed by atoms with van der Waals surface area (Å²) in [6.45, 7) is 5.37. The van der Waals surface area contributed by atoms with Crippen LogP contribution in [0.15, 0.2) is 0 Å². The first-order valence-corrected chi connectivity index (χ1v) is 7.76. The van der Waals surface area contributed by atoms with Crippen molar-refractivity contribution >= 4 is 12.0 Å². The zero-order valence-corrected chi connectivity index (χ0v) is 14.1. The van der Waals surface area contributed by atoms with Crippen LogP contribution >= 0.6 is 0 Å². The number of hydrogen-bond donors (Lipinski definition) is 1. The average Bonchev–Trinajstić information content (AvgIpc) is 2.39. The number of alkyl halides is 3. The van der Waals surface area contributed by atoms with E-state index in [2.05, 4.69) is 5.92 Å². The van der Waals surface area contributed by atoms with Crippen molar-refractivity contribution in [3.8, 4) is 12.3 Å². The summed E-state index contributed by atoms with van der Waals surface area (Å²) >= 11 is 0. The van der Waals surface area contributed by atoms with E-state index < -0.39 is 35.9 Å². The van der Waals surface area contributed by atoms with Gasteiger partial charge in [-0.15, -0.1) is 12.3 Å². The Labute approximate surface area is 139 Å². The number of amides is 2. The number of ether oxygens (including phenoxy) is 1. The molecule has 1 aliphatic rings. The van der Waals surface area contributed by atoms with Crippen LogP contribution in [0.25, 0.3) is 0 Å². The second-order valence-electron chi connectivity index (χ2n) is 6.70. The van der Waals surface area contributed by atoms with Gasteiger partial charge in [-0.1, -0.05) is 0 Å². The van der Waals surface area contributed by atoms with Crippen molar-refractivity contribution in [2.24, 2.45) is 0 Å². The van der Waals surface area contributed by atoms with Crippen LogP contribution in [0.2, 0.25) is 0 Å². The predicted octanol–water partition coefficient (Wildman–Crippen LogP) is 2.85. The molecule has 1 N–H and O–H groups in total. The summed E-state index contributed by atoms with van der Waals surface area (Å²) in [6.07, 6.45) is 1.45. The molecule has 136 valence electrons. The molecule has 5 nitrogen and oxygen atoms in total. The highest BCUT2D eigenvalue weighted by molar-refractivity contribution is 5.82. The molecule has 0 spiro atoms. The molecule has 1 saturated carbocycles. The van der Waals surface area contributed by atoms with Gasteiger partial charge in [0.05, 0.1) is 6.04 Å². The van der Waals surface area contributed by atoms with Crippen molar-refractivity contribution in [3.05, 3.63) is 0 Å². The Bertz CT molecular complexity index is 506. The molecule has 2 atom stereocenters. The zero-order chi connectivity index (χ0) is 18.5. The summed E-state index contributed by atoms with van der Waals surface area (Å²) in [6, 6.07) is -1.26. The third kappa shape index (κ3) is 5.95. The minimum absolute atomic E-state index is 0.266. The molecule has 0 heterocycles. The first-order valence-electron chi connectivity index (χ1n) is 7.76. The lowest BCUT2D eigenvalue weighted by Gasteiger charge is -2.44. The van der Waals surface area contributed by atoms with Gasteiger partial charge in [0.25, 0.3) is 0 Å². The van der Waals surface area contributed by atoms with E-state index in [1.807, 2.05) is 5.32 Å². The van der Waals surface area contributed by atoms with E-state index in [-0.39, 0.29) is 6.54 Å². The summed E-state index contributed by atoms with van der Waals surface area (Å²) in [5, 5.41) is 1.94. The van der Waals surface area contributed by atoms with E-state index in [0.717, 1.165) is 0 Å². The van der Waals surface area contributed by atoms with Gasteiger partial charge >= 0.3 is 18.2 Å². The van der Waals surface area contributed by atoms with Gasteiger partial charge in [-0.2, -0.15) is 13.2 Å². The van der Waals surface area contributed by atoms with Gasteiger partial charge in [-0.25, -0.2) is 4.79 Å². The number of carbonyl (C=O) groups is 2. The Hall–Kier alpha value is -1.91. The molecule has 0 radical (unpaired) electrons. The van der Waals surface area contributed by atoms with E-state index in [0.29, 0.717) is 25.7 Å². The molecule has 24 heavy (non-hydrogen) atoms. The number of unbranched alkanes of at least 4 members (excludes halogenated alkanes) is 1. The Balaban J connectivity index is 2.77. The maximum absolute atomic E-state index is 12.4. The molecule has 1 aliphatic carbocycles. The molecular weight excluding hydrogens is 325 g/mol. The van der Waals surface area contributed by atoms with Crippen LogP contribution in [-0.4, -0.2) is 47.3 Å². The highest BCUT2D eigenvalue weighted by Gasteiger charge is 2.45. The van der Waals surface area contributed by atoms with Crippen molar-refractivity contribution in [1.82, 2.24) is 10.2 Å². The van der Waals surface area contributed by atoms with Crippen molar-refractivity contribution in [2.45, 2.75) is 70.3 Å². The second kappa shape index (κ2) is 7.77. The van der Waals surface area contributed by atoms with Gasteiger partial charge in [0, 0.05) is 19.0 Å². The lowest BCUT2D eigenvalue weighted by molar-refractivity contribution is -0.175. The summed E-state index contributed by atoms with van der Waals surface area (Å²) < 4.78 is 42.5. The fourth-order valence-electron chi connectivity index (χ4n) is 2.34. The molecule has 8 heteroatoms. The number of halogens is 3. The molecule has 2 amide bonds. The standard InChI is InChI=1S/C16H23F3N2O3/c1-5-6-7-10-21(14(23)24-15(2,3)4)12-9-8-11(12)20-13(22)16(17,18)19/h1,11-12H,6-10H2,2-4H3,(H,20,22)/t11-,12?/m0/s1. The smallest absolute Gasteiger partial charge is 0.444 e. The van der Waals surface area contributed by atoms with E-state index in [1.54, 1.807) is 20.8 Å². The zero-order valence-electron chi connectivity index (χ0n) is 14.1. The molecule has 0 aromatic heterocycles. The van der Waals surface area contributed by atoms with Gasteiger partial charge in [0.2, 0.25) is 0 Å². The van der Waals surface area contributed by atoms with Crippen molar-refractivity contribution in [3.63, 3.8) is 0 Å². The molecule has 0 aromatic rings. The van der Waals surface area contributed by atoms with Crippen LogP contribution in [-0.2, 0) is 9.53 Å². The number of nitrogens with one attached hydrogen (secondary N) is 1. The Morgan fingerprint density at radius 2 is 1.92 bits per heavy atom. The molecular formula is C16H23F3N2O3. The first kappa shape index (κ1) is 20.1. The normalized spacial score (nSPS) is 20.5. The van der Waals surface area contributed by atoms with Crippen molar-refractivity contribution in [1.29, 1.82) is 0 Å². The molecule has 1 fully saturated rings. The quantitative estimate of drug-likeness (QED) is 0.614. The molecule has 1 rings (SSSR count). The SMILES string of the molecule is C#CCCCN(C(=O)OC(C)(C)C)C1CC[C@@H]1NC(=O)C(F)(F)F. The fourth-order valence-corrected chi connectivity index (χ4v) is 2.34. The van der Waals surface area contributed by atoms with Gasteiger partial charge < -0.3 is 15.0 Å². The van der Waals surface area contributed by atoms with E-state index in [4.69, 9.17) is 11.2 Å². The number of rotatable bonds is 5. The van der Waals surface area contributed by atoms with Crippen LogP contribution in [0.3, 0.4) is 0 Å². The minimum atomic E-state index is -4.94. The molecule has 0 aliphatic heterocycles. The Morgan fingerprint density at radius 1 is 1.29 bits per heavy atom. The van der Waals surface area contributed by atoms with Gasteiger partial charge in [-0.05, 0) is 40.0 Å². The maximum atomic E-state index is 12.4. The largest absolute Gasteiger partial charge is 0.471 e. The minimum Gasteiger partial charge on any atom is -0.444 e. The van der Waals surface area contributed by atoms with Crippen LogP contribution in [0.5, 0.6) is 0 Å². The highest BCUT2D eigenvalue weighted by atomic mass is 19.4. The van der Waals surface area contributed by atoms with E-state index >= 15 is 0 Å². The third-order valence-electron chi connectivity index (χ3n) is 3.56. The van der Waals surface area contributed by atoms with Gasteiger partial charge in [0.15, 0.2) is 0 Å². The van der Waals surface area contributed by atoms with Crippen LogP contribution in [0, 0.1) is 12.3 Å². The van der Waals surface area contributed by atoms with Gasteiger partial charge in [-0.3, -0.25) is 4.79 Å².